The quantitative estimate of drug-likeness (QED) is 0.642. The van der Waals surface area contributed by atoms with Gasteiger partial charge in [0, 0.05) is 57.2 Å². The summed E-state index contributed by atoms with van der Waals surface area (Å²) in [7, 11) is 4.68. The Balaban J connectivity index is 1.67. The molecule has 0 bridgehead atoms. The fourth-order valence-electron chi connectivity index (χ4n) is 3.70. The maximum absolute atomic E-state index is 13.4. The summed E-state index contributed by atoms with van der Waals surface area (Å²) < 4.78 is 12.1. The van der Waals surface area contributed by atoms with E-state index in [0.29, 0.717) is 60.0 Å². The van der Waals surface area contributed by atoms with E-state index in [1.807, 2.05) is 0 Å². The van der Waals surface area contributed by atoms with Crippen molar-refractivity contribution in [1.82, 2.24) is 19.4 Å². The highest BCUT2D eigenvalue weighted by Gasteiger charge is 2.26. The molecule has 9 heteroatoms. The molecule has 2 aromatic heterocycles. The number of rotatable bonds is 4. The molecule has 0 atom stereocenters. The smallest absolute Gasteiger partial charge is 0.258 e. The number of amides is 1. The summed E-state index contributed by atoms with van der Waals surface area (Å²) in [5.41, 5.74) is 0.256. The molecular weight excluding hydrogens is 386 g/mol. The molecule has 1 fully saturated rings. The number of hydrogen-bond acceptors (Lipinski definition) is 7. The fourth-order valence-corrected chi connectivity index (χ4v) is 3.70. The lowest BCUT2D eigenvalue weighted by molar-refractivity contribution is 0.0747. The van der Waals surface area contributed by atoms with Crippen LogP contribution < -0.4 is 19.9 Å². The number of methoxy groups -OCH3 is 2. The van der Waals surface area contributed by atoms with Crippen molar-refractivity contribution in [3.8, 4) is 11.5 Å². The highest BCUT2D eigenvalue weighted by molar-refractivity contribution is 6.07. The number of ether oxygens (including phenoxy) is 2. The number of fused-ring (bicyclic) bond motifs is 1. The first-order valence-electron chi connectivity index (χ1n) is 9.60. The molecule has 30 heavy (non-hydrogen) atoms. The Labute approximate surface area is 173 Å². The Morgan fingerprint density at radius 2 is 1.57 bits per heavy atom. The molecule has 0 radical (unpaired) electrons. The van der Waals surface area contributed by atoms with Crippen molar-refractivity contribution in [2.75, 3.05) is 45.3 Å². The average Bonchev–Trinajstić information content (AvgIpc) is 2.80. The minimum atomic E-state index is -0.200. The van der Waals surface area contributed by atoms with Gasteiger partial charge < -0.3 is 23.8 Å². The van der Waals surface area contributed by atoms with Gasteiger partial charge >= 0.3 is 0 Å². The maximum Gasteiger partial charge on any atom is 0.258 e. The number of anilines is 1. The number of aryl methyl sites for hydroxylation is 1. The SMILES string of the molecule is COc1cc2c(C(=O)N3CCN(c4ncccn4)CC3)cn(C)c(=O)c2cc1OC. The Hall–Kier alpha value is -3.62. The fraction of sp³-hybridized carbons (Fsp3) is 0.333. The van der Waals surface area contributed by atoms with E-state index in [1.54, 1.807) is 48.7 Å². The third kappa shape index (κ3) is 3.42. The molecule has 1 saturated heterocycles. The van der Waals surface area contributed by atoms with Crippen LogP contribution in [-0.2, 0) is 7.05 Å². The normalized spacial score (nSPS) is 14.1. The molecule has 1 amide bonds. The predicted octanol–water partition coefficient (Wildman–Crippen LogP) is 1.31. The Morgan fingerprint density at radius 1 is 0.967 bits per heavy atom. The summed E-state index contributed by atoms with van der Waals surface area (Å²) in [4.78, 5) is 38.4. The van der Waals surface area contributed by atoms with Gasteiger partial charge in [-0.05, 0) is 18.2 Å². The molecule has 0 unspecified atom stereocenters. The van der Waals surface area contributed by atoms with Gasteiger partial charge in [-0.25, -0.2) is 9.97 Å². The zero-order chi connectivity index (χ0) is 21.3. The van der Waals surface area contributed by atoms with E-state index in [1.165, 1.54) is 18.8 Å². The van der Waals surface area contributed by atoms with Crippen LogP contribution in [0.2, 0.25) is 0 Å². The number of carbonyl (C=O) groups is 1. The number of nitrogens with zero attached hydrogens (tertiary/aromatic N) is 5. The summed E-state index contributed by atoms with van der Waals surface area (Å²) in [6.07, 6.45) is 5.00. The lowest BCUT2D eigenvalue weighted by atomic mass is 10.0. The Kier molecular flexibility index (Phi) is 5.26. The summed E-state index contributed by atoms with van der Waals surface area (Å²) in [5, 5.41) is 0.965. The lowest BCUT2D eigenvalue weighted by Crippen LogP contribution is -2.49. The topological polar surface area (TPSA) is 89.8 Å². The monoisotopic (exact) mass is 409 g/mol. The van der Waals surface area contributed by atoms with Crippen LogP contribution in [0.3, 0.4) is 0 Å². The molecule has 156 valence electrons. The molecule has 1 aliphatic heterocycles. The van der Waals surface area contributed by atoms with Crippen LogP contribution >= 0.6 is 0 Å². The van der Waals surface area contributed by atoms with Gasteiger partial charge in [-0.1, -0.05) is 0 Å². The number of carbonyl (C=O) groups excluding carboxylic acids is 1. The highest BCUT2D eigenvalue weighted by atomic mass is 16.5. The van der Waals surface area contributed by atoms with Crippen molar-refractivity contribution < 1.29 is 14.3 Å². The highest BCUT2D eigenvalue weighted by Crippen LogP contribution is 2.32. The second-order valence-electron chi connectivity index (χ2n) is 7.04. The van der Waals surface area contributed by atoms with Crippen molar-refractivity contribution in [2.24, 2.45) is 7.05 Å². The minimum Gasteiger partial charge on any atom is -0.493 e. The molecule has 4 rings (SSSR count). The maximum atomic E-state index is 13.4. The van der Waals surface area contributed by atoms with Crippen molar-refractivity contribution in [2.45, 2.75) is 0 Å². The number of piperazine rings is 1. The number of hydrogen-bond donors (Lipinski definition) is 0. The number of benzene rings is 1. The van der Waals surface area contributed by atoms with Gasteiger partial charge in [0.15, 0.2) is 11.5 Å². The largest absolute Gasteiger partial charge is 0.493 e. The molecule has 0 N–H and O–H groups in total. The molecule has 9 nitrogen and oxygen atoms in total. The third-order valence-electron chi connectivity index (χ3n) is 5.32. The van der Waals surface area contributed by atoms with Crippen LogP contribution in [0, 0.1) is 0 Å². The molecular formula is C21H23N5O4. The van der Waals surface area contributed by atoms with E-state index in [2.05, 4.69) is 14.9 Å². The molecule has 1 aromatic carbocycles. The van der Waals surface area contributed by atoms with Gasteiger partial charge in [0.2, 0.25) is 5.95 Å². The van der Waals surface area contributed by atoms with E-state index in [0.717, 1.165) is 0 Å². The molecule has 1 aliphatic rings. The lowest BCUT2D eigenvalue weighted by Gasteiger charge is -2.34. The minimum absolute atomic E-state index is 0.128. The second kappa shape index (κ2) is 8.02. The van der Waals surface area contributed by atoms with E-state index in [9.17, 15) is 9.59 Å². The summed E-state index contributed by atoms with van der Waals surface area (Å²) in [6.45, 7) is 2.34. The molecule has 3 heterocycles. The van der Waals surface area contributed by atoms with Gasteiger partial charge in [-0.15, -0.1) is 0 Å². The third-order valence-corrected chi connectivity index (χ3v) is 5.32. The van der Waals surface area contributed by atoms with Crippen LogP contribution in [-0.4, -0.2) is 65.7 Å². The summed E-state index contributed by atoms with van der Waals surface area (Å²) in [5.74, 6) is 1.45. The van der Waals surface area contributed by atoms with Crippen LogP contribution in [0.1, 0.15) is 10.4 Å². The zero-order valence-corrected chi connectivity index (χ0v) is 17.2. The average molecular weight is 409 g/mol. The standard InChI is InChI=1S/C21H23N5O4/c1-24-13-16(14-11-17(29-2)18(30-3)12-15(14)19(24)27)20(28)25-7-9-26(10-8-25)21-22-5-4-6-23-21/h4-6,11-13H,7-10H2,1-3H3. The van der Waals surface area contributed by atoms with Gasteiger partial charge in [0.05, 0.1) is 25.2 Å². The van der Waals surface area contributed by atoms with Crippen LogP contribution in [0.4, 0.5) is 5.95 Å². The van der Waals surface area contributed by atoms with Gasteiger partial charge in [0.25, 0.3) is 11.5 Å². The van der Waals surface area contributed by atoms with Gasteiger partial charge in [-0.3, -0.25) is 9.59 Å². The van der Waals surface area contributed by atoms with E-state index in [4.69, 9.17) is 9.47 Å². The van der Waals surface area contributed by atoms with Gasteiger partial charge in [-0.2, -0.15) is 0 Å². The van der Waals surface area contributed by atoms with Gasteiger partial charge in [0.1, 0.15) is 0 Å². The van der Waals surface area contributed by atoms with Crippen molar-refractivity contribution in [3.63, 3.8) is 0 Å². The second-order valence-corrected chi connectivity index (χ2v) is 7.04. The first kappa shape index (κ1) is 19.7. The van der Waals surface area contributed by atoms with Crippen LogP contribution in [0.25, 0.3) is 10.8 Å². The number of aromatic nitrogens is 3. The number of pyridine rings is 1. The Bertz CT molecular complexity index is 1140. The first-order chi connectivity index (χ1) is 14.5. The Morgan fingerprint density at radius 3 is 2.17 bits per heavy atom. The molecule has 0 spiro atoms. The van der Waals surface area contributed by atoms with Crippen molar-refractivity contribution in [1.29, 1.82) is 0 Å². The van der Waals surface area contributed by atoms with E-state index < -0.39 is 0 Å². The van der Waals surface area contributed by atoms with E-state index >= 15 is 0 Å². The van der Waals surface area contributed by atoms with Crippen molar-refractivity contribution >= 4 is 22.6 Å². The van der Waals surface area contributed by atoms with Crippen LogP contribution in [0.15, 0.2) is 41.6 Å². The van der Waals surface area contributed by atoms with Crippen molar-refractivity contribution in [3.05, 3.63) is 52.7 Å². The zero-order valence-electron chi connectivity index (χ0n) is 17.2. The van der Waals surface area contributed by atoms with E-state index in [-0.39, 0.29) is 11.5 Å². The first-order valence-corrected chi connectivity index (χ1v) is 9.60. The predicted molar refractivity (Wildman–Crippen MR) is 112 cm³/mol. The van der Waals surface area contributed by atoms with Crippen LogP contribution in [0.5, 0.6) is 11.5 Å². The summed E-state index contributed by atoms with van der Waals surface area (Å²) in [6, 6.07) is 5.09. The molecule has 0 saturated carbocycles. The molecule has 0 aliphatic carbocycles. The molecule has 3 aromatic rings. The summed E-state index contributed by atoms with van der Waals surface area (Å²) >= 11 is 0.